The summed E-state index contributed by atoms with van der Waals surface area (Å²) in [6.07, 6.45) is 0. The molecular formula is C70H40F8S10. The Balaban J connectivity index is 0.000000137. The zero-order valence-corrected chi connectivity index (χ0v) is 55.0. The van der Waals surface area contributed by atoms with Crippen LogP contribution in [0.15, 0.2) is 133 Å². The van der Waals surface area contributed by atoms with Crippen LogP contribution in [-0.2, 0) is 23.7 Å². The van der Waals surface area contributed by atoms with Gasteiger partial charge in [0, 0.05) is 164 Å². The van der Waals surface area contributed by atoms with Crippen LogP contribution >= 0.6 is 113 Å². The van der Waals surface area contributed by atoms with Crippen molar-refractivity contribution < 1.29 is 35.1 Å². The Labute approximate surface area is 539 Å². The number of fused-ring (bicyclic) bond motifs is 14. The summed E-state index contributed by atoms with van der Waals surface area (Å²) in [6, 6.07) is 41.6. The summed E-state index contributed by atoms with van der Waals surface area (Å²) in [5.74, 6) is -13.1. The molecule has 0 saturated carbocycles. The first kappa shape index (κ1) is 55.9. The topological polar surface area (TPSA) is 0 Å². The van der Waals surface area contributed by atoms with E-state index in [4.69, 9.17) is 0 Å². The van der Waals surface area contributed by atoms with Crippen LogP contribution in [0.25, 0.3) is 120 Å². The maximum Gasteiger partial charge on any atom is 0.300 e. The van der Waals surface area contributed by atoms with Gasteiger partial charge < -0.3 is 0 Å². The number of hydrogen-bond donors (Lipinski definition) is 0. The van der Waals surface area contributed by atoms with Crippen LogP contribution in [0.3, 0.4) is 0 Å². The minimum atomic E-state index is -3.28. The first-order valence-electron chi connectivity index (χ1n) is 27.8. The van der Waals surface area contributed by atoms with Crippen LogP contribution in [0.4, 0.5) is 35.1 Å². The Morgan fingerprint density at radius 3 is 0.955 bits per heavy atom. The van der Waals surface area contributed by atoms with Crippen molar-refractivity contribution in [2.45, 2.75) is 65.2 Å². The van der Waals surface area contributed by atoms with Gasteiger partial charge in [-0.3, -0.25) is 0 Å². The highest BCUT2D eigenvalue weighted by Crippen LogP contribution is 2.67. The number of rotatable bonds is 6. The normalized spacial score (nSPS) is 15.5. The van der Waals surface area contributed by atoms with E-state index in [1.807, 2.05) is 62.4 Å². The molecule has 18 heteroatoms. The van der Waals surface area contributed by atoms with Crippen molar-refractivity contribution in [1.82, 2.24) is 0 Å². The molecule has 0 atom stereocenters. The molecule has 4 aromatic carbocycles. The predicted molar refractivity (Wildman–Crippen MR) is 361 cm³/mol. The van der Waals surface area contributed by atoms with Crippen LogP contribution in [0.5, 0.6) is 0 Å². The molecule has 4 aliphatic rings. The first-order valence-corrected chi connectivity index (χ1v) is 36.0. The fourth-order valence-electron chi connectivity index (χ4n) is 13.1. The summed E-state index contributed by atoms with van der Waals surface area (Å²) < 4.78 is 132. The highest BCUT2D eigenvalue weighted by molar-refractivity contribution is 7.29. The van der Waals surface area contributed by atoms with E-state index in [9.17, 15) is 0 Å². The van der Waals surface area contributed by atoms with E-state index in [1.165, 1.54) is 67.2 Å². The third-order valence-corrected chi connectivity index (χ3v) is 29.4. The summed E-state index contributed by atoms with van der Waals surface area (Å²) in [5.41, 5.74) is 2.83. The van der Waals surface area contributed by atoms with Gasteiger partial charge in [-0.15, -0.1) is 113 Å². The van der Waals surface area contributed by atoms with Gasteiger partial charge in [-0.2, -0.15) is 35.1 Å². The molecule has 0 bridgehead atoms. The van der Waals surface area contributed by atoms with Gasteiger partial charge in [0.2, 0.25) is 0 Å². The van der Waals surface area contributed by atoms with Crippen molar-refractivity contribution in [3.8, 4) is 100 Å². The molecule has 0 nitrogen and oxygen atoms in total. The van der Waals surface area contributed by atoms with E-state index >= 15 is 35.1 Å². The average molecular weight is 1350 g/mol. The average Bonchev–Trinajstić information content (AvgIpc) is 1.53. The molecule has 0 spiro atoms. The minimum absolute atomic E-state index is 0.0769. The first-order chi connectivity index (χ1) is 42.0. The molecule has 0 saturated heterocycles. The van der Waals surface area contributed by atoms with Crippen molar-refractivity contribution in [1.29, 1.82) is 0 Å². The molecule has 436 valence electrons. The van der Waals surface area contributed by atoms with Crippen LogP contribution in [0.1, 0.15) is 76.5 Å². The fourth-order valence-corrected chi connectivity index (χ4v) is 24.4. The van der Waals surface area contributed by atoms with Gasteiger partial charge in [0.25, 0.3) is 0 Å². The summed E-state index contributed by atoms with van der Waals surface area (Å²) in [5, 5.41) is 2.15. The zero-order valence-electron chi connectivity index (χ0n) is 46.8. The van der Waals surface area contributed by atoms with E-state index in [-0.39, 0.29) is 77.9 Å². The molecule has 14 aromatic rings. The molecular weight excluding hydrogens is 1310 g/mol. The lowest BCUT2D eigenvalue weighted by Crippen LogP contribution is -2.16. The third kappa shape index (κ3) is 8.08. The van der Waals surface area contributed by atoms with Crippen molar-refractivity contribution in [2.24, 2.45) is 0 Å². The van der Waals surface area contributed by atoms with E-state index in [0.29, 0.717) is 19.5 Å². The van der Waals surface area contributed by atoms with Gasteiger partial charge in [-0.1, -0.05) is 35.4 Å². The van der Waals surface area contributed by atoms with Gasteiger partial charge in [0.05, 0.1) is 0 Å². The lowest BCUT2D eigenvalue weighted by atomic mass is 9.88. The summed E-state index contributed by atoms with van der Waals surface area (Å²) in [4.78, 5) is 15.0. The zero-order chi connectivity index (χ0) is 60.6. The number of hydrogen-bond acceptors (Lipinski definition) is 10. The molecule has 88 heavy (non-hydrogen) atoms. The van der Waals surface area contributed by atoms with Crippen LogP contribution in [0, 0.1) is 41.5 Å². The highest BCUT2D eigenvalue weighted by Gasteiger charge is 2.56. The molecule has 0 aliphatic heterocycles. The Morgan fingerprint density at radius 2 is 0.580 bits per heavy atom. The lowest BCUT2D eigenvalue weighted by Gasteiger charge is -2.22. The largest absolute Gasteiger partial charge is 0.300 e. The number of benzene rings is 4. The molecule has 0 unspecified atom stereocenters. The van der Waals surface area contributed by atoms with Crippen molar-refractivity contribution in [3.63, 3.8) is 0 Å². The van der Waals surface area contributed by atoms with Gasteiger partial charge in [-0.25, -0.2) is 0 Å². The second-order valence-electron chi connectivity index (χ2n) is 22.9. The Kier molecular flexibility index (Phi) is 12.2. The number of aryl methyl sites for hydroxylation is 4. The smallest absolute Gasteiger partial charge is 0.196 e. The van der Waals surface area contributed by atoms with Crippen LogP contribution in [0.2, 0.25) is 0 Å². The van der Waals surface area contributed by atoms with Crippen molar-refractivity contribution >= 4 is 134 Å². The Bertz CT molecular complexity index is 5000. The molecule has 10 heterocycles. The van der Waals surface area contributed by atoms with Gasteiger partial charge in [0.1, 0.15) is 0 Å². The van der Waals surface area contributed by atoms with Crippen LogP contribution < -0.4 is 0 Å². The van der Waals surface area contributed by atoms with Crippen molar-refractivity contribution in [2.75, 3.05) is 0 Å². The van der Waals surface area contributed by atoms with E-state index in [1.54, 1.807) is 106 Å². The summed E-state index contributed by atoms with van der Waals surface area (Å²) in [6.45, 7) is 11.4. The SMILES string of the molecule is Cc1ccc(-c2ccc(-c3cc4c(s3)-c3cc5c(cc3C4(F)F)-c3sc(-c4ccc(-c6ccc(C)s6)s4)cc3C5(F)F)s2)s1.Cc1ccc2sc(-c3cc4c(s3)-c3c(C)c5c(c(C)c3C4(F)F)-c3sc(-c4cc6cc(C)ccc6s4)cc3C5(F)F)cc2c1. The second kappa shape index (κ2) is 19.2. The lowest BCUT2D eigenvalue weighted by molar-refractivity contribution is 0.0444. The molecule has 4 aliphatic carbocycles. The molecule has 10 aromatic heterocycles. The molecule has 0 amide bonds. The maximum atomic E-state index is 16.4. The summed E-state index contributed by atoms with van der Waals surface area (Å²) >= 11 is 14.7. The van der Waals surface area contributed by atoms with Gasteiger partial charge >= 0.3 is 23.7 Å². The Morgan fingerprint density at radius 1 is 0.261 bits per heavy atom. The van der Waals surface area contributed by atoms with Gasteiger partial charge in [-0.05, 0) is 173 Å². The second-order valence-corrected chi connectivity index (χ2v) is 34.0. The molecule has 0 radical (unpaired) electrons. The quantitative estimate of drug-likeness (QED) is 0.146. The van der Waals surface area contributed by atoms with E-state index < -0.39 is 23.7 Å². The fraction of sp³-hybridized carbons (Fsp3) is 0.143. The number of thiophene rings is 10. The van der Waals surface area contributed by atoms with Gasteiger partial charge in [0.15, 0.2) is 0 Å². The number of halogens is 8. The standard InChI is InChI=1S/C36H22F4S4.C34H18F4S6/c1-15-5-7-23-19(9-15)11-25(41-23)27-13-21-33(43-27)29-17(3)32-30(18(4)31(29)35(21,37)38)34-22(36(32,39)40)14-28(44-34)26-12-20-10-16(2)6-8-24(20)42-26;1-15-3-5-23(39-15)25-7-9-27(41-25)29-13-21-31(43-29)17-11-20-18(12-19(17)33(21,35)36)32-22(34(20,37)38)14-30(44-32)28-10-8-26(42-28)24-6-4-16(2)40-24/h5-14H,1-4H3;3-14H,1-2H3. The van der Waals surface area contributed by atoms with E-state index in [2.05, 4.69) is 62.4 Å². The maximum absolute atomic E-state index is 16.4. The molecule has 0 fully saturated rings. The Hall–Kier alpha value is -6.16. The summed E-state index contributed by atoms with van der Waals surface area (Å²) in [7, 11) is 0. The van der Waals surface area contributed by atoms with Crippen LogP contribution in [-0.4, -0.2) is 0 Å². The monoisotopic (exact) mass is 1350 g/mol. The molecule has 0 N–H and O–H groups in total. The minimum Gasteiger partial charge on any atom is -0.196 e. The third-order valence-electron chi connectivity index (χ3n) is 17.2. The number of alkyl halides is 8. The highest BCUT2D eigenvalue weighted by atomic mass is 32.1. The van der Waals surface area contributed by atoms with Crippen molar-refractivity contribution in [3.05, 3.63) is 210 Å². The predicted octanol–water partition coefficient (Wildman–Crippen LogP) is 26.6. The van der Waals surface area contributed by atoms with E-state index in [0.717, 1.165) is 89.8 Å². The molecule has 18 rings (SSSR count).